The first kappa shape index (κ1) is 14.1. The molecule has 0 fully saturated rings. The Kier molecular flexibility index (Phi) is 12.4. The number of hydrogen-bond acceptors (Lipinski definition) is 1. The summed E-state index contributed by atoms with van der Waals surface area (Å²) in [5.41, 5.74) is 1.02. The molecular formula is C10H13OW-. The molecule has 0 aliphatic carbocycles. The molecule has 0 amide bonds. The van der Waals surface area contributed by atoms with Gasteiger partial charge in [-0.2, -0.15) is 0 Å². The molecule has 1 aromatic rings. The van der Waals surface area contributed by atoms with Crippen molar-refractivity contribution < 1.29 is 25.9 Å². The van der Waals surface area contributed by atoms with Crippen molar-refractivity contribution in [1.82, 2.24) is 0 Å². The van der Waals surface area contributed by atoms with Gasteiger partial charge in [0, 0.05) is 21.1 Å². The summed E-state index contributed by atoms with van der Waals surface area (Å²) in [5, 5.41) is 0. The average Bonchev–Trinajstić information content (AvgIpc) is 2.11. The first-order chi connectivity index (χ1) is 5.43. The van der Waals surface area contributed by atoms with Crippen molar-refractivity contribution in [2.45, 2.75) is 20.3 Å². The van der Waals surface area contributed by atoms with E-state index in [0.29, 0.717) is 6.42 Å². The van der Waals surface area contributed by atoms with Crippen LogP contribution < -0.4 is 0 Å². The van der Waals surface area contributed by atoms with Crippen molar-refractivity contribution in [1.29, 1.82) is 0 Å². The van der Waals surface area contributed by atoms with Gasteiger partial charge in [0.25, 0.3) is 0 Å². The Morgan fingerprint density at radius 3 is 2.08 bits per heavy atom. The van der Waals surface area contributed by atoms with E-state index in [1.807, 2.05) is 50.5 Å². The largest absolute Gasteiger partial charge is 0.541 e. The van der Waals surface area contributed by atoms with Gasteiger partial charge in [0.15, 0.2) is 0 Å². The topological polar surface area (TPSA) is 17.1 Å². The second kappa shape index (κ2) is 10.6. The van der Waals surface area contributed by atoms with Crippen LogP contribution in [0.4, 0.5) is 0 Å². The Balaban J connectivity index is 0. The quantitative estimate of drug-likeness (QED) is 0.760. The summed E-state index contributed by atoms with van der Waals surface area (Å²) >= 11 is 0. The Hall–Kier alpha value is -0.422. The summed E-state index contributed by atoms with van der Waals surface area (Å²) in [6, 6.07) is 9.56. The molecule has 2 heteroatoms. The van der Waals surface area contributed by atoms with E-state index in [4.69, 9.17) is 0 Å². The van der Waals surface area contributed by atoms with E-state index in [1.54, 1.807) is 0 Å². The van der Waals surface area contributed by atoms with Gasteiger partial charge >= 0.3 is 0 Å². The van der Waals surface area contributed by atoms with Crippen molar-refractivity contribution >= 4 is 6.29 Å². The number of rotatable bonds is 2. The molecule has 0 saturated heterocycles. The number of hydrogen-bond donors (Lipinski definition) is 0. The molecule has 0 N–H and O–H groups in total. The van der Waals surface area contributed by atoms with Gasteiger partial charge in [0.1, 0.15) is 0 Å². The van der Waals surface area contributed by atoms with Crippen LogP contribution in [0.25, 0.3) is 0 Å². The predicted octanol–water partition coefficient (Wildman–Crippen LogP) is 2.36. The minimum atomic E-state index is 0. The maximum absolute atomic E-state index is 9.85. The van der Waals surface area contributed by atoms with Crippen molar-refractivity contribution in [3.63, 3.8) is 0 Å². The summed E-state index contributed by atoms with van der Waals surface area (Å²) in [6.45, 7) is 4.00. The summed E-state index contributed by atoms with van der Waals surface area (Å²) in [5.74, 6) is 0. The van der Waals surface area contributed by atoms with Crippen molar-refractivity contribution in [3.8, 4) is 0 Å². The minimum absolute atomic E-state index is 0. The maximum Gasteiger partial charge on any atom is 0 e. The van der Waals surface area contributed by atoms with Gasteiger partial charge in [-0.25, -0.2) is 0 Å². The van der Waals surface area contributed by atoms with E-state index in [-0.39, 0.29) is 21.1 Å². The molecule has 0 aliphatic heterocycles. The molecule has 0 radical (unpaired) electrons. The average molecular weight is 333 g/mol. The fourth-order valence-corrected chi connectivity index (χ4v) is 0.679. The Morgan fingerprint density at radius 2 is 1.67 bits per heavy atom. The van der Waals surface area contributed by atoms with E-state index in [2.05, 4.69) is 0 Å². The maximum atomic E-state index is 9.85. The molecular weight excluding hydrogens is 320 g/mol. The summed E-state index contributed by atoms with van der Waals surface area (Å²) in [7, 11) is 0. The van der Waals surface area contributed by atoms with Gasteiger partial charge in [0.05, 0.1) is 0 Å². The molecule has 0 unspecified atom stereocenters. The molecule has 1 nitrogen and oxygen atoms in total. The van der Waals surface area contributed by atoms with Crippen LogP contribution in [0, 0.1) is 0 Å². The summed E-state index contributed by atoms with van der Waals surface area (Å²) in [6.07, 6.45) is 2.24. The second-order valence-electron chi connectivity index (χ2n) is 1.81. The fourth-order valence-electron chi connectivity index (χ4n) is 0.679. The minimum Gasteiger partial charge on any atom is -0.541 e. The molecule has 66 valence electrons. The van der Waals surface area contributed by atoms with Gasteiger partial charge in [0.2, 0.25) is 0 Å². The third-order valence-corrected chi connectivity index (χ3v) is 1.12. The van der Waals surface area contributed by atoms with E-state index in [9.17, 15) is 4.79 Å². The number of carbonyl (C=O) groups excluding carboxylic acids is 1. The van der Waals surface area contributed by atoms with Gasteiger partial charge < -0.3 is 4.79 Å². The van der Waals surface area contributed by atoms with Crippen LogP contribution in [0.15, 0.2) is 30.3 Å². The normalized spacial score (nSPS) is 7.17. The van der Waals surface area contributed by atoms with Gasteiger partial charge in [-0.3, -0.25) is 6.29 Å². The zero-order valence-electron chi connectivity index (χ0n) is 7.41. The smallest absolute Gasteiger partial charge is 0 e. The van der Waals surface area contributed by atoms with Crippen molar-refractivity contribution in [3.05, 3.63) is 35.9 Å². The van der Waals surface area contributed by atoms with E-state index in [0.717, 1.165) is 5.56 Å². The number of benzene rings is 1. The Morgan fingerprint density at radius 1 is 1.17 bits per heavy atom. The zero-order chi connectivity index (χ0) is 8.53. The summed E-state index contributed by atoms with van der Waals surface area (Å²) < 4.78 is 0. The molecule has 0 heterocycles. The fraction of sp³-hybridized carbons (Fsp3) is 0.300. The van der Waals surface area contributed by atoms with Crippen LogP contribution in [-0.4, -0.2) is 6.29 Å². The van der Waals surface area contributed by atoms with Crippen LogP contribution in [0.3, 0.4) is 0 Å². The van der Waals surface area contributed by atoms with Crippen LogP contribution >= 0.6 is 0 Å². The standard InChI is InChI=1S/C8H7O.C2H6.W/c9-7-6-8-4-2-1-3-5-8;1-2;/h1-5H,6H2;1-2H3;/q-1;;. The summed E-state index contributed by atoms with van der Waals surface area (Å²) in [4.78, 5) is 9.85. The second-order valence-corrected chi connectivity index (χ2v) is 1.81. The molecule has 0 spiro atoms. The Bertz CT molecular complexity index is 184. The van der Waals surface area contributed by atoms with Crippen LogP contribution in [0.2, 0.25) is 0 Å². The molecule has 12 heavy (non-hydrogen) atoms. The van der Waals surface area contributed by atoms with Crippen LogP contribution in [-0.2, 0) is 32.3 Å². The third-order valence-electron chi connectivity index (χ3n) is 1.12. The van der Waals surface area contributed by atoms with Crippen molar-refractivity contribution in [2.75, 3.05) is 0 Å². The molecule has 0 saturated carbocycles. The Labute approximate surface area is 88.4 Å². The third kappa shape index (κ3) is 6.30. The molecule has 1 aromatic carbocycles. The first-order valence-corrected chi connectivity index (χ1v) is 3.82. The molecule has 0 aromatic heterocycles. The SMILES string of the molecule is CC.O=[C-]Cc1ccccc1.[W]. The molecule has 0 bridgehead atoms. The monoisotopic (exact) mass is 333 g/mol. The first-order valence-electron chi connectivity index (χ1n) is 3.82. The molecule has 0 aliphatic rings. The van der Waals surface area contributed by atoms with E-state index < -0.39 is 0 Å². The van der Waals surface area contributed by atoms with Gasteiger partial charge in [-0.15, -0.1) is 6.42 Å². The van der Waals surface area contributed by atoms with Crippen LogP contribution in [0.1, 0.15) is 19.4 Å². The van der Waals surface area contributed by atoms with Crippen LogP contribution in [0.5, 0.6) is 0 Å². The van der Waals surface area contributed by atoms with E-state index in [1.165, 1.54) is 0 Å². The molecule has 0 atom stereocenters. The van der Waals surface area contributed by atoms with Gasteiger partial charge in [-0.05, 0) is 0 Å². The predicted molar refractivity (Wildman–Crippen MR) is 47.2 cm³/mol. The van der Waals surface area contributed by atoms with Crippen molar-refractivity contribution in [2.24, 2.45) is 0 Å². The molecule has 1 rings (SSSR count). The zero-order valence-corrected chi connectivity index (χ0v) is 10.3. The van der Waals surface area contributed by atoms with Gasteiger partial charge in [-0.1, -0.05) is 49.7 Å². The van der Waals surface area contributed by atoms with E-state index >= 15 is 0 Å².